The van der Waals surface area contributed by atoms with Crippen LogP contribution < -0.4 is 29.6 Å². The number of amides is 4. The van der Waals surface area contributed by atoms with Crippen LogP contribution in [0.3, 0.4) is 0 Å². The number of ether oxygens (including phenoxy) is 4. The Morgan fingerprint density at radius 3 is 2.37 bits per heavy atom. The summed E-state index contributed by atoms with van der Waals surface area (Å²) in [5, 5.41) is 5.65. The standard InChI is InChI=1S/C46H60N6O10S/c1-26(2)60-31-15-13-29(14-16-31)39-47-36-22-32(59-8)17-20-35(36)41(49-39)61-33-23-37-40(53)50-46(43(55)51-63(57,58)34-18-19-34)24-30(46)12-10-9-11-27(3)21-28(4)38(42(54)52(37)25-33)48-44(56)62-45(5,6)7/h10,12-17,20,22,26-28,30,33-34,37-38H,9,11,18-19,21,23-25H2,1-8H3,(H,48,56)(H,50,53)(H,51,55). The molecule has 0 bridgehead atoms. The number of allylic oxidation sites excluding steroid dienone is 1. The Kier molecular flexibility index (Phi) is 13.0. The second-order valence-corrected chi connectivity index (χ2v) is 20.8. The molecule has 17 heteroatoms. The number of rotatable bonds is 10. The number of carbonyl (C=O) groups is 4. The van der Waals surface area contributed by atoms with Gasteiger partial charge in [-0.3, -0.25) is 19.1 Å². The molecule has 4 amide bonds. The predicted molar refractivity (Wildman–Crippen MR) is 235 cm³/mol. The van der Waals surface area contributed by atoms with Gasteiger partial charge in [-0.05, 0) is 121 Å². The molecule has 16 nitrogen and oxygen atoms in total. The minimum absolute atomic E-state index is 0.0151. The molecule has 4 aliphatic rings. The Labute approximate surface area is 369 Å². The highest BCUT2D eigenvalue weighted by atomic mass is 32.2. The average Bonchev–Trinajstić information content (AvgIpc) is 4.14. The topological polar surface area (TPSA) is 204 Å². The summed E-state index contributed by atoms with van der Waals surface area (Å²) in [5.74, 6) is -0.891. The van der Waals surface area contributed by atoms with Crippen molar-refractivity contribution in [3.8, 4) is 28.8 Å². The van der Waals surface area contributed by atoms with E-state index < -0.39 is 74.3 Å². The summed E-state index contributed by atoms with van der Waals surface area (Å²) < 4.78 is 51.9. The first kappa shape index (κ1) is 45.6. The molecule has 2 saturated carbocycles. The Morgan fingerprint density at radius 2 is 1.70 bits per heavy atom. The fourth-order valence-electron chi connectivity index (χ4n) is 8.47. The van der Waals surface area contributed by atoms with Crippen molar-refractivity contribution in [2.45, 2.75) is 134 Å². The molecule has 340 valence electrons. The van der Waals surface area contributed by atoms with Gasteiger partial charge in [-0.25, -0.2) is 18.2 Å². The third-order valence-corrected chi connectivity index (χ3v) is 13.7. The normalized spacial score (nSPS) is 26.7. The lowest BCUT2D eigenvalue weighted by molar-refractivity contribution is -0.142. The molecule has 2 aliphatic carbocycles. The molecule has 7 atom stereocenters. The van der Waals surface area contributed by atoms with Crippen molar-refractivity contribution in [2.24, 2.45) is 17.8 Å². The van der Waals surface area contributed by atoms with E-state index in [1.54, 1.807) is 46.1 Å². The highest BCUT2D eigenvalue weighted by Gasteiger charge is 2.62. The molecular formula is C46H60N6O10S. The summed E-state index contributed by atoms with van der Waals surface area (Å²) in [6.45, 7) is 13.0. The first-order chi connectivity index (χ1) is 29.7. The van der Waals surface area contributed by atoms with Crippen molar-refractivity contribution in [1.29, 1.82) is 0 Å². The van der Waals surface area contributed by atoms with Gasteiger partial charge in [-0.15, -0.1) is 0 Å². The molecule has 3 N–H and O–H groups in total. The van der Waals surface area contributed by atoms with Gasteiger partial charge >= 0.3 is 6.09 Å². The van der Waals surface area contributed by atoms with Gasteiger partial charge in [0.25, 0.3) is 5.91 Å². The van der Waals surface area contributed by atoms with Crippen LogP contribution in [0.2, 0.25) is 0 Å². The number of hydrogen-bond donors (Lipinski definition) is 3. The van der Waals surface area contributed by atoms with E-state index in [0.29, 0.717) is 59.5 Å². The van der Waals surface area contributed by atoms with Gasteiger partial charge in [0.15, 0.2) is 5.82 Å². The zero-order chi connectivity index (χ0) is 45.4. The van der Waals surface area contributed by atoms with E-state index in [1.165, 1.54) is 4.90 Å². The highest BCUT2D eigenvalue weighted by molar-refractivity contribution is 7.91. The fraction of sp³-hybridized carbons (Fsp3) is 0.565. The van der Waals surface area contributed by atoms with Gasteiger partial charge in [-0.1, -0.05) is 26.0 Å². The molecule has 2 aromatic carbocycles. The molecule has 0 radical (unpaired) electrons. The first-order valence-electron chi connectivity index (χ1n) is 21.9. The van der Waals surface area contributed by atoms with Gasteiger partial charge in [0.05, 0.1) is 35.9 Å². The lowest BCUT2D eigenvalue weighted by atomic mass is 9.88. The number of alkyl carbamates (subject to hydrolysis) is 1. The van der Waals surface area contributed by atoms with Crippen molar-refractivity contribution < 1.29 is 46.5 Å². The van der Waals surface area contributed by atoms with Crippen LogP contribution in [0.4, 0.5) is 4.79 Å². The Hall–Kier alpha value is -5.45. The highest BCUT2D eigenvalue weighted by Crippen LogP contribution is 2.46. The van der Waals surface area contributed by atoms with E-state index in [4.69, 9.17) is 28.9 Å². The largest absolute Gasteiger partial charge is 0.497 e. The van der Waals surface area contributed by atoms with Crippen LogP contribution in [0.15, 0.2) is 54.6 Å². The minimum atomic E-state index is -3.94. The number of methoxy groups -OCH3 is 1. The molecule has 3 fully saturated rings. The summed E-state index contributed by atoms with van der Waals surface area (Å²) >= 11 is 0. The second-order valence-electron chi connectivity index (χ2n) is 18.8. The van der Waals surface area contributed by atoms with Crippen LogP contribution in [0.1, 0.15) is 93.4 Å². The van der Waals surface area contributed by atoms with Crippen molar-refractivity contribution in [2.75, 3.05) is 13.7 Å². The SMILES string of the molecule is COc1ccc2c(OC3CC4C(=O)NC5(C(=O)NS(=O)(=O)C6CC6)CC5C=CCCC(C)CC(C)C(NC(=O)OC(C)(C)C)C(=O)N4C3)nc(-c3ccc(OC(C)C)cc3)nc2c1. The summed E-state index contributed by atoms with van der Waals surface area (Å²) in [4.78, 5) is 68.1. The van der Waals surface area contributed by atoms with Crippen LogP contribution in [-0.2, 0) is 29.1 Å². The van der Waals surface area contributed by atoms with Crippen LogP contribution in [0.25, 0.3) is 22.3 Å². The van der Waals surface area contributed by atoms with Gasteiger partial charge < -0.3 is 34.5 Å². The second kappa shape index (κ2) is 18.0. The fourth-order valence-corrected chi connectivity index (χ4v) is 9.83. The number of nitrogens with one attached hydrogen (secondary N) is 3. The van der Waals surface area contributed by atoms with Crippen molar-refractivity contribution in [3.63, 3.8) is 0 Å². The van der Waals surface area contributed by atoms with E-state index in [9.17, 15) is 22.8 Å². The molecule has 63 heavy (non-hydrogen) atoms. The van der Waals surface area contributed by atoms with Crippen LogP contribution >= 0.6 is 0 Å². The monoisotopic (exact) mass is 888 g/mol. The lowest BCUT2D eigenvalue weighted by Crippen LogP contribution is -2.59. The van der Waals surface area contributed by atoms with Crippen molar-refractivity contribution in [3.05, 3.63) is 54.6 Å². The summed E-state index contributed by atoms with van der Waals surface area (Å²) in [6.07, 6.45) is 5.29. The zero-order valence-corrected chi connectivity index (χ0v) is 38.1. The zero-order valence-electron chi connectivity index (χ0n) is 37.3. The maximum atomic E-state index is 15.0. The van der Waals surface area contributed by atoms with Gasteiger partial charge in [0.1, 0.15) is 40.8 Å². The lowest BCUT2D eigenvalue weighted by Gasteiger charge is -2.33. The Bertz CT molecular complexity index is 2360. The molecule has 2 aliphatic heterocycles. The quantitative estimate of drug-likeness (QED) is 0.206. The third-order valence-electron chi connectivity index (χ3n) is 11.9. The van der Waals surface area contributed by atoms with Crippen LogP contribution in [-0.4, -0.2) is 101 Å². The molecular weight excluding hydrogens is 829 g/mol. The van der Waals surface area contributed by atoms with Crippen LogP contribution in [0.5, 0.6) is 17.4 Å². The summed E-state index contributed by atoms with van der Waals surface area (Å²) in [5.41, 5.74) is -1.18. The van der Waals surface area contributed by atoms with Crippen molar-refractivity contribution in [1.82, 2.24) is 30.2 Å². The minimum Gasteiger partial charge on any atom is -0.497 e. The smallest absolute Gasteiger partial charge is 0.408 e. The number of carbonyl (C=O) groups excluding carboxylic acids is 4. The van der Waals surface area contributed by atoms with E-state index in [2.05, 4.69) is 22.3 Å². The van der Waals surface area contributed by atoms with Gasteiger partial charge in [0.2, 0.25) is 27.7 Å². The van der Waals surface area contributed by atoms with E-state index in [1.807, 2.05) is 57.2 Å². The first-order valence-corrected chi connectivity index (χ1v) is 23.4. The number of sulfonamides is 1. The number of nitrogens with zero attached hydrogens (tertiary/aromatic N) is 3. The summed E-state index contributed by atoms with van der Waals surface area (Å²) in [6, 6.07) is 10.4. The Morgan fingerprint density at radius 1 is 0.984 bits per heavy atom. The number of aromatic nitrogens is 2. The number of hydrogen-bond acceptors (Lipinski definition) is 12. The van der Waals surface area contributed by atoms with E-state index in [-0.39, 0.29) is 43.2 Å². The molecule has 1 saturated heterocycles. The predicted octanol–water partition coefficient (Wildman–Crippen LogP) is 5.83. The third kappa shape index (κ3) is 10.7. The maximum Gasteiger partial charge on any atom is 0.408 e. The molecule has 0 spiro atoms. The van der Waals surface area contributed by atoms with Crippen LogP contribution in [0, 0.1) is 17.8 Å². The van der Waals surface area contributed by atoms with E-state index in [0.717, 1.165) is 6.42 Å². The maximum absolute atomic E-state index is 15.0. The average molecular weight is 889 g/mol. The molecule has 1 aromatic heterocycles. The molecule has 3 aromatic rings. The van der Waals surface area contributed by atoms with Gasteiger partial charge in [-0.2, -0.15) is 4.98 Å². The molecule has 3 heterocycles. The Balaban J connectivity index is 1.25. The summed E-state index contributed by atoms with van der Waals surface area (Å²) in [7, 11) is -2.38. The van der Waals surface area contributed by atoms with Crippen molar-refractivity contribution >= 4 is 44.7 Å². The number of fused-ring (bicyclic) bond motifs is 3. The molecule has 7 rings (SSSR count). The molecule has 7 unspecified atom stereocenters. The van der Waals surface area contributed by atoms with E-state index >= 15 is 4.79 Å². The van der Waals surface area contributed by atoms with Gasteiger partial charge in [0, 0.05) is 24.0 Å². The number of benzene rings is 2.